The quantitative estimate of drug-likeness (QED) is 0.422. The molecule has 31 heavy (non-hydrogen) atoms. The second-order valence-corrected chi connectivity index (χ2v) is 8.59. The van der Waals surface area contributed by atoms with Crippen LogP contribution >= 0.6 is 24.0 Å². The molecule has 0 atom stereocenters. The Bertz CT molecular complexity index is 1190. The lowest BCUT2D eigenvalue weighted by Crippen LogP contribution is -2.29. The Labute approximate surface area is 188 Å². The van der Waals surface area contributed by atoms with Crippen molar-refractivity contribution in [3.63, 3.8) is 0 Å². The molecule has 0 spiro atoms. The number of aromatic nitrogens is 1. The molecular weight excluding hydrogens is 433 g/mol. The summed E-state index contributed by atoms with van der Waals surface area (Å²) in [5.41, 5.74) is 2.13. The topological polar surface area (TPSA) is 62.3 Å². The van der Waals surface area contributed by atoms with E-state index in [1.807, 2.05) is 30.3 Å². The van der Waals surface area contributed by atoms with Crippen molar-refractivity contribution >= 4 is 62.8 Å². The summed E-state index contributed by atoms with van der Waals surface area (Å²) >= 11 is 6.54. The number of pyridine rings is 1. The van der Waals surface area contributed by atoms with Crippen molar-refractivity contribution in [2.24, 2.45) is 0 Å². The molecule has 2 heterocycles. The Balaban J connectivity index is 1.33. The minimum Gasteiger partial charge on any atom is -0.324 e. The Morgan fingerprint density at radius 3 is 2.74 bits per heavy atom. The standard InChI is InChI=1S/C23H18FN3O2S2/c24-17-10-8-15(9-11-17)14-19-22(29)27(23(30)31-19)13-3-7-20(28)26-18-6-1-4-16-5-2-12-25-21(16)18/h1-2,4-6,8-12,14H,3,7,13H2,(H,26,28)/b19-14-. The first-order chi connectivity index (χ1) is 15.0. The molecule has 2 amide bonds. The van der Waals surface area contributed by atoms with Crippen LogP contribution < -0.4 is 5.32 Å². The van der Waals surface area contributed by atoms with Gasteiger partial charge in [-0.1, -0.05) is 54.3 Å². The van der Waals surface area contributed by atoms with Gasteiger partial charge in [-0.05, 0) is 42.3 Å². The van der Waals surface area contributed by atoms with Crippen molar-refractivity contribution in [1.29, 1.82) is 0 Å². The molecule has 0 aliphatic carbocycles. The maximum absolute atomic E-state index is 13.1. The molecule has 8 heteroatoms. The number of halogens is 1. The van der Waals surface area contributed by atoms with E-state index in [1.165, 1.54) is 28.8 Å². The summed E-state index contributed by atoms with van der Waals surface area (Å²) in [6, 6.07) is 15.3. The first kappa shape index (κ1) is 21.1. The molecule has 1 aromatic heterocycles. The van der Waals surface area contributed by atoms with E-state index in [0.717, 1.165) is 16.5 Å². The zero-order valence-corrected chi connectivity index (χ0v) is 18.0. The van der Waals surface area contributed by atoms with Crippen LogP contribution in [0, 0.1) is 5.82 Å². The predicted molar refractivity (Wildman–Crippen MR) is 126 cm³/mol. The summed E-state index contributed by atoms with van der Waals surface area (Å²) in [5, 5.41) is 3.84. The summed E-state index contributed by atoms with van der Waals surface area (Å²) in [4.78, 5) is 31.4. The number of carbonyl (C=O) groups is 2. The molecule has 1 N–H and O–H groups in total. The first-order valence-electron chi connectivity index (χ1n) is 9.66. The Morgan fingerprint density at radius 1 is 1.16 bits per heavy atom. The number of thiocarbonyl (C=S) groups is 1. The lowest BCUT2D eigenvalue weighted by Gasteiger charge is -2.14. The number of hydrogen-bond donors (Lipinski definition) is 1. The van der Waals surface area contributed by atoms with E-state index in [2.05, 4.69) is 10.3 Å². The number of anilines is 1. The third-order valence-electron chi connectivity index (χ3n) is 4.73. The van der Waals surface area contributed by atoms with Crippen molar-refractivity contribution in [2.75, 3.05) is 11.9 Å². The van der Waals surface area contributed by atoms with E-state index >= 15 is 0 Å². The van der Waals surface area contributed by atoms with Crippen LogP contribution in [0.4, 0.5) is 10.1 Å². The van der Waals surface area contributed by atoms with Gasteiger partial charge in [0.05, 0.1) is 16.1 Å². The van der Waals surface area contributed by atoms with Crippen molar-refractivity contribution in [3.8, 4) is 0 Å². The van der Waals surface area contributed by atoms with Gasteiger partial charge in [-0.3, -0.25) is 19.5 Å². The molecule has 1 saturated heterocycles. The molecule has 156 valence electrons. The van der Waals surface area contributed by atoms with Gasteiger partial charge < -0.3 is 5.32 Å². The number of nitrogens with zero attached hydrogens (tertiary/aromatic N) is 2. The Morgan fingerprint density at radius 2 is 1.94 bits per heavy atom. The van der Waals surface area contributed by atoms with Crippen LogP contribution in [0.25, 0.3) is 17.0 Å². The molecule has 1 aliphatic rings. The summed E-state index contributed by atoms with van der Waals surface area (Å²) in [5.74, 6) is -0.675. The van der Waals surface area contributed by atoms with Gasteiger partial charge in [0.15, 0.2) is 0 Å². The average molecular weight is 452 g/mol. The maximum Gasteiger partial charge on any atom is 0.266 e. The number of para-hydroxylation sites is 1. The second-order valence-electron chi connectivity index (χ2n) is 6.92. The number of thioether (sulfide) groups is 1. The maximum atomic E-state index is 13.1. The van der Waals surface area contributed by atoms with Crippen LogP contribution in [0.1, 0.15) is 18.4 Å². The fourth-order valence-electron chi connectivity index (χ4n) is 3.22. The highest BCUT2D eigenvalue weighted by Crippen LogP contribution is 2.32. The molecule has 2 aromatic carbocycles. The van der Waals surface area contributed by atoms with Gasteiger partial charge in [-0.2, -0.15) is 0 Å². The number of carbonyl (C=O) groups excluding carboxylic acids is 2. The molecular formula is C23H18FN3O2S2. The van der Waals surface area contributed by atoms with E-state index in [9.17, 15) is 14.0 Å². The molecule has 0 saturated carbocycles. The minimum absolute atomic E-state index is 0.148. The lowest BCUT2D eigenvalue weighted by molar-refractivity contribution is -0.122. The van der Waals surface area contributed by atoms with Gasteiger partial charge in [-0.15, -0.1) is 0 Å². The first-order valence-corrected chi connectivity index (χ1v) is 10.9. The number of nitrogens with one attached hydrogen (secondary N) is 1. The van der Waals surface area contributed by atoms with E-state index in [1.54, 1.807) is 24.4 Å². The SMILES string of the molecule is O=C(CCCN1C(=O)/C(=C/c2ccc(F)cc2)SC1=S)Nc1cccc2cccnc12. The largest absolute Gasteiger partial charge is 0.324 e. The van der Waals surface area contributed by atoms with Gasteiger partial charge in [0, 0.05) is 24.5 Å². The van der Waals surface area contributed by atoms with E-state index in [0.29, 0.717) is 27.9 Å². The number of hydrogen-bond acceptors (Lipinski definition) is 5. The van der Waals surface area contributed by atoms with E-state index < -0.39 is 0 Å². The average Bonchev–Trinajstić information content (AvgIpc) is 3.03. The molecule has 4 rings (SSSR count). The van der Waals surface area contributed by atoms with Gasteiger partial charge in [-0.25, -0.2) is 4.39 Å². The fourth-order valence-corrected chi connectivity index (χ4v) is 4.53. The molecule has 3 aromatic rings. The van der Waals surface area contributed by atoms with E-state index in [-0.39, 0.29) is 24.1 Å². The van der Waals surface area contributed by atoms with Crippen LogP contribution in [-0.4, -0.2) is 32.6 Å². The molecule has 5 nitrogen and oxygen atoms in total. The number of rotatable bonds is 6. The fraction of sp³-hybridized carbons (Fsp3) is 0.130. The van der Waals surface area contributed by atoms with E-state index in [4.69, 9.17) is 12.2 Å². The molecule has 0 radical (unpaired) electrons. The van der Waals surface area contributed by atoms with Gasteiger partial charge >= 0.3 is 0 Å². The number of fused-ring (bicyclic) bond motifs is 1. The number of amides is 2. The van der Waals surface area contributed by atoms with Gasteiger partial charge in [0.2, 0.25) is 5.91 Å². The van der Waals surface area contributed by atoms with Crippen LogP contribution in [0.2, 0.25) is 0 Å². The van der Waals surface area contributed by atoms with Crippen molar-refractivity contribution < 1.29 is 14.0 Å². The normalized spacial score (nSPS) is 15.1. The Kier molecular flexibility index (Phi) is 6.39. The lowest BCUT2D eigenvalue weighted by atomic mass is 10.2. The number of benzene rings is 2. The molecule has 0 bridgehead atoms. The van der Waals surface area contributed by atoms with Crippen molar-refractivity contribution in [2.45, 2.75) is 12.8 Å². The van der Waals surface area contributed by atoms with Crippen molar-refractivity contribution in [3.05, 3.63) is 77.1 Å². The van der Waals surface area contributed by atoms with Crippen LogP contribution in [-0.2, 0) is 9.59 Å². The predicted octanol–water partition coefficient (Wildman–Crippen LogP) is 4.99. The Hall–Kier alpha value is -3.10. The highest BCUT2D eigenvalue weighted by atomic mass is 32.2. The highest BCUT2D eigenvalue weighted by Gasteiger charge is 2.31. The highest BCUT2D eigenvalue weighted by molar-refractivity contribution is 8.26. The smallest absolute Gasteiger partial charge is 0.266 e. The van der Waals surface area contributed by atoms with Gasteiger partial charge in [0.1, 0.15) is 10.1 Å². The van der Waals surface area contributed by atoms with Crippen LogP contribution in [0.3, 0.4) is 0 Å². The summed E-state index contributed by atoms with van der Waals surface area (Å²) in [6.07, 6.45) is 4.10. The summed E-state index contributed by atoms with van der Waals surface area (Å²) in [6.45, 7) is 0.354. The summed E-state index contributed by atoms with van der Waals surface area (Å²) < 4.78 is 13.5. The monoisotopic (exact) mass is 451 g/mol. The van der Waals surface area contributed by atoms with Crippen molar-refractivity contribution in [1.82, 2.24) is 9.88 Å². The summed E-state index contributed by atoms with van der Waals surface area (Å²) in [7, 11) is 0. The van der Waals surface area contributed by atoms with Crippen LogP contribution in [0.15, 0.2) is 65.7 Å². The van der Waals surface area contributed by atoms with Gasteiger partial charge in [0.25, 0.3) is 5.91 Å². The zero-order valence-electron chi connectivity index (χ0n) is 16.4. The zero-order chi connectivity index (χ0) is 21.8. The van der Waals surface area contributed by atoms with Crippen LogP contribution in [0.5, 0.6) is 0 Å². The molecule has 1 fully saturated rings. The third-order valence-corrected chi connectivity index (χ3v) is 6.11. The third kappa shape index (κ3) is 4.98. The molecule has 1 aliphatic heterocycles. The molecule has 0 unspecified atom stereocenters. The second kappa shape index (κ2) is 9.36. The minimum atomic E-state index is -0.331.